The van der Waals surface area contributed by atoms with E-state index in [9.17, 15) is 69.9 Å². The monoisotopic (exact) mass is 870 g/mol. The van der Waals surface area contributed by atoms with Crippen molar-refractivity contribution in [1.29, 1.82) is 0 Å². The van der Waals surface area contributed by atoms with Crippen molar-refractivity contribution < 1.29 is 147 Å². The van der Waals surface area contributed by atoms with Crippen LogP contribution in [0.5, 0.6) is 0 Å². The summed E-state index contributed by atoms with van der Waals surface area (Å²) in [5.41, 5.74) is 0. The van der Waals surface area contributed by atoms with Crippen molar-refractivity contribution in [2.24, 2.45) is 0 Å². The van der Waals surface area contributed by atoms with Crippen molar-refractivity contribution in [2.75, 3.05) is 48.1 Å². The number of carbonyl (C=O) groups excluding carboxylic acids is 4. The Bertz CT molecular complexity index is 1330. The van der Waals surface area contributed by atoms with E-state index in [1.54, 1.807) is 0 Å². The van der Waals surface area contributed by atoms with Crippen molar-refractivity contribution in [3.05, 3.63) is 0 Å². The number of aliphatic hydroxyl groups excluding tert-OH is 7. The van der Waals surface area contributed by atoms with Crippen LogP contribution in [0.3, 0.4) is 0 Å². The van der Waals surface area contributed by atoms with Gasteiger partial charge in [-0.15, -0.1) is 0 Å². The van der Waals surface area contributed by atoms with Gasteiger partial charge in [-0.2, -0.15) is 0 Å². The maximum absolute atomic E-state index is 11.5. The molecule has 4 heterocycles. The fourth-order valence-corrected chi connectivity index (χ4v) is 6.70. The molecule has 26 nitrogen and oxygen atoms in total. The van der Waals surface area contributed by atoms with E-state index in [0.29, 0.717) is 18.9 Å². The molecule has 20 atom stereocenters. The summed E-state index contributed by atoms with van der Waals surface area (Å²) in [5.74, 6) is -3.18. The number of methoxy groups -OCH3 is 4. The van der Waals surface area contributed by atoms with Gasteiger partial charge < -0.3 is 123 Å². The molecule has 4 aliphatic rings. The van der Waals surface area contributed by atoms with E-state index in [4.69, 9.17) is 47.4 Å². The minimum atomic E-state index is -1.79. The smallest absolute Gasteiger partial charge is 0.547 e. The van der Waals surface area contributed by atoms with Crippen LogP contribution in [0, 0.1) is 0 Å². The molecule has 0 saturated carbocycles. The van der Waals surface area contributed by atoms with Crippen LogP contribution in [-0.2, 0) is 71.3 Å². The van der Waals surface area contributed by atoms with E-state index in [1.807, 2.05) is 0 Å². The zero-order valence-electron chi connectivity index (χ0n) is 32.5. The number of ether oxygens (including phenoxy) is 10. The topological polar surface area (TPSA) is 387 Å². The van der Waals surface area contributed by atoms with Gasteiger partial charge in [0.15, 0.2) is 37.6 Å². The van der Waals surface area contributed by atoms with E-state index in [0.717, 1.165) is 14.2 Å². The van der Waals surface area contributed by atoms with Gasteiger partial charge in [-0.05, 0) is 0 Å². The van der Waals surface area contributed by atoms with E-state index < -0.39 is 141 Å². The van der Waals surface area contributed by atoms with E-state index in [1.165, 1.54) is 14.2 Å². The quantitative estimate of drug-likeness (QED) is 0.0451. The maximum Gasteiger partial charge on any atom is 1.00 e. The first-order chi connectivity index (χ1) is 27.6. The van der Waals surface area contributed by atoms with Gasteiger partial charge in [0.2, 0.25) is 0 Å². The van der Waals surface area contributed by atoms with Gasteiger partial charge in [-0.25, -0.2) is 4.79 Å². The first-order valence-corrected chi connectivity index (χ1v) is 17.6. The predicted molar refractivity (Wildman–Crippen MR) is 178 cm³/mol. The molecule has 0 aromatic carbocycles. The molecule has 334 valence electrons. The average molecular weight is 871 g/mol. The largest absolute Gasteiger partial charge is 1.00 e. The molecule has 20 unspecified atom stereocenters. The summed E-state index contributed by atoms with van der Waals surface area (Å²) in [6.07, 6.45) is -25.6. The van der Waals surface area contributed by atoms with Gasteiger partial charge in [0.1, 0.15) is 91.9 Å². The number of carboxylic acid groups (broad SMARTS) is 2. The number of hydrogen-bond donors (Lipinski definition) is 10. The minimum absolute atomic E-state index is 0. The molecule has 10 N–H and O–H groups in total. The standard InChI is InChI=1S/C16H27NO12.C16H25NO12.Na/c2*1-25-12-9(21)10(22)16(29-13(12)14(23)24)28-11-7(17-3-4-18)15(26-2)27-6(5-19)8(11)20;/h4,6-13,15-17,19-22H,3,5H2,1-2H3,(H,23,24);4-13,15-17,20-22H,3H2,1-2H3,(H,23,24);/q;;+1/p-1. The molecule has 4 rings (SSSR count). The van der Waals surface area contributed by atoms with E-state index >= 15 is 0 Å². The van der Waals surface area contributed by atoms with Crippen molar-refractivity contribution in [1.82, 2.24) is 10.6 Å². The first kappa shape index (κ1) is 53.3. The molecule has 4 fully saturated rings. The van der Waals surface area contributed by atoms with Gasteiger partial charge in [0.25, 0.3) is 0 Å². The van der Waals surface area contributed by atoms with Gasteiger partial charge >= 0.3 is 35.5 Å². The van der Waals surface area contributed by atoms with Crippen LogP contribution in [0.15, 0.2) is 0 Å². The third-order valence-electron chi connectivity index (χ3n) is 9.63. The molecule has 0 radical (unpaired) electrons. The fourth-order valence-electron chi connectivity index (χ4n) is 6.70. The zero-order chi connectivity index (χ0) is 43.4. The normalized spacial score (nSPS) is 42.3. The Kier molecular flexibility index (Phi) is 22.9. The summed E-state index contributed by atoms with van der Waals surface area (Å²) in [6, 6.07) is -1.98. The molecule has 27 heteroatoms. The first-order valence-electron chi connectivity index (χ1n) is 17.6. The molecular weight excluding hydrogens is 819 g/mol. The Balaban J connectivity index is 0.000000400. The minimum Gasteiger partial charge on any atom is -0.547 e. The molecule has 4 saturated heterocycles. The van der Waals surface area contributed by atoms with Crippen molar-refractivity contribution >= 4 is 30.8 Å². The fraction of sp³-hybridized carbons (Fsp3) is 0.844. The van der Waals surface area contributed by atoms with Gasteiger partial charge in [0.05, 0.1) is 37.7 Å². The van der Waals surface area contributed by atoms with Crippen LogP contribution in [0.25, 0.3) is 0 Å². The van der Waals surface area contributed by atoms with Gasteiger partial charge in [-0.3, -0.25) is 0 Å². The van der Waals surface area contributed by atoms with Crippen molar-refractivity contribution in [3.63, 3.8) is 0 Å². The molecule has 0 aliphatic carbocycles. The number of nitrogens with one attached hydrogen (secondary N) is 2. The number of aldehydes is 3. The van der Waals surface area contributed by atoms with Crippen LogP contribution in [0.4, 0.5) is 0 Å². The maximum atomic E-state index is 11.5. The second-order valence-electron chi connectivity index (χ2n) is 13.1. The molecule has 0 aromatic rings. The summed E-state index contributed by atoms with van der Waals surface area (Å²) in [7, 11) is 4.81. The SMILES string of the molecule is COC1OC(C=O)C(O)C(OC2OC(C(=O)[O-])C(OC)C(O)C2O)C1NCC=O.COC1OC(CO)C(O)C(OC2OC(C(=O)O)C(OC)C(O)C2O)C1NCC=O.[Na+]. The molecule has 59 heavy (non-hydrogen) atoms. The predicted octanol–water partition coefficient (Wildman–Crippen LogP) is -12.5. The zero-order valence-corrected chi connectivity index (χ0v) is 34.5. The van der Waals surface area contributed by atoms with Crippen LogP contribution >= 0.6 is 0 Å². The molecule has 0 aromatic heterocycles. The Morgan fingerprint density at radius 2 is 1.05 bits per heavy atom. The Labute approximate surface area is 358 Å². The number of rotatable bonds is 18. The van der Waals surface area contributed by atoms with E-state index in [2.05, 4.69) is 10.6 Å². The summed E-state index contributed by atoms with van der Waals surface area (Å²) >= 11 is 0. The number of aliphatic carboxylic acids is 2. The van der Waals surface area contributed by atoms with Crippen LogP contribution in [0.1, 0.15) is 0 Å². The van der Waals surface area contributed by atoms with Gasteiger partial charge in [0, 0.05) is 28.4 Å². The second-order valence-corrected chi connectivity index (χ2v) is 13.1. The molecule has 0 amide bonds. The van der Waals surface area contributed by atoms with Crippen molar-refractivity contribution in [2.45, 2.75) is 123 Å². The van der Waals surface area contributed by atoms with E-state index in [-0.39, 0.29) is 42.6 Å². The molecule has 4 aliphatic heterocycles. The Hall–Kier alpha value is -1.81. The van der Waals surface area contributed by atoms with Gasteiger partial charge in [-0.1, -0.05) is 0 Å². The number of hydrogen-bond acceptors (Lipinski definition) is 25. The third kappa shape index (κ3) is 12.7. The van der Waals surface area contributed by atoms with Crippen LogP contribution < -0.4 is 45.3 Å². The van der Waals surface area contributed by atoms with Crippen LogP contribution in [0.2, 0.25) is 0 Å². The molecule has 0 bridgehead atoms. The third-order valence-corrected chi connectivity index (χ3v) is 9.63. The summed E-state index contributed by atoms with van der Waals surface area (Å²) in [4.78, 5) is 55.5. The number of carboxylic acids is 2. The second kappa shape index (κ2) is 25.3. The average Bonchev–Trinajstić information content (AvgIpc) is 3.21. The number of carbonyl (C=O) groups is 5. The Morgan fingerprint density at radius 3 is 1.44 bits per heavy atom. The van der Waals surface area contributed by atoms with Crippen LogP contribution in [-0.4, -0.2) is 242 Å². The molecular formula is C32H51N2NaO24. The molecule has 0 spiro atoms. The summed E-state index contributed by atoms with van der Waals surface area (Å²) in [6.45, 7) is -0.956. The van der Waals surface area contributed by atoms with Crippen molar-refractivity contribution in [3.8, 4) is 0 Å². The summed E-state index contributed by atoms with van der Waals surface area (Å²) in [5, 5.41) is 97.5. The summed E-state index contributed by atoms with van der Waals surface area (Å²) < 4.78 is 52.4. The Morgan fingerprint density at radius 1 is 0.610 bits per heavy atom. The number of aliphatic hydroxyl groups is 7.